The first-order valence-electron chi connectivity index (χ1n) is 14.4. The zero-order valence-electron chi connectivity index (χ0n) is 25.1. The molecule has 2 saturated heterocycles. The van der Waals surface area contributed by atoms with E-state index in [2.05, 4.69) is 37.5 Å². The van der Waals surface area contributed by atoms with Crippen LogP contribution in [-0.2, 0) is 10.9 Å². The topological polar surface area (TPSA) is 119 Å². The van der Waals surface area contributed by atoms with Gasteiger partial charge in [-0.25, -0.2) is 24.5 Å². The van der Waals surface area contributed by atoms with Gasteiger partial charge >= 0.3 is 18.2 Å². The quantitative estimate of drug-likeness (QED) is 0.288. The molecule has 2 N–H and O–H groups in total. The van der Waals surface area contributed by atoms with E-state index >= 15 is 0 Å². The van der Waals surface area contributed by atoms with Gasteiger partial charge in [0.1, 0.15) is 22.5 Å². The maximum absolute atomic E-state index is 13.6. The van der Waals surface area contributed by atoms with E-state index in [-0.39, 0.29) is 33.9 Å². The lowest BCUT2D eigenvalue weighted by atomic mass is 9.99. The number of amides is 2. The molecule has 14 heteroatoms. The summed E-state index contributed by atoms with van der Waals surface area (Å²) in [7, 11) is 2.12. The van der Waals surface area contributed by atoms with E-state index in [1.54, 1.807) is 33.8 Å². The lowest BCUT2D eigenvalue weighted by Gasteiger charge is -2.36. The number of esters is 1. The van der Waals surface area contributed by atoms with Crippen LogP contribution in [0.2, 0.25) is 0 Å². The fourth-order valence-electron chi connectivity index (χ4n) is 5.57. The van der Waals surface area contributed by atoms with Crippen molar-refractivity contribution >= 4 is 29.2 Å². The second-order valence-electron chi connectivity index (χ2n) is 12.0. The van der Waals surface area contributed by atoms with E-state index in [1.807, 2.05) is 0 Å². The number of hydrogen-bond acceptors (Lipinski definition) is 9. The molecule has 2 amide bonds. The van der Waals surface area contributed by atoms with Gasteiger partial charge in [-0.05, 0) is 72.6 Å². The number of piperidine rings is 1. The van der Waals surface area contributed by atoms with Crippen molar-refractivity contribution in [3.8, 4) is 27.6 Å². The predicted molar refractivity (Wildman–Crippen MR) is 160 cm³/mol. The smallest absolute Gasteiger partial charge is 0.434 e. The third-order valence-corrected chi connectivity index (χ3v) is 8.49. The molecule has 2 bridgehead atoms. The molecule has 5 rings (SSSR count). The first-order chi connectivity index (χ1) is 20.7. The third kappa shape index (κ3) is 7.12. The summed E-state index contributed by atoms with van der Waals surface area (Å²) < 4.78 is 52.7. The van der Waals surface area contributed by atoms with Crippen LogP contribution in [0.3, 0.4) is 0 Å². The first-order valence-corrected chi connectivity index (χ1v) is 15.3. The van der Waals surface area contributed by atoms with E-state index in [1.165, 1.54) is 18.5 Å². The zero-order chi connectivity index (χ0) is 31.8. The molecule has 3 aromatic heterocycles. The molecule has 3 aromatic rings. The molecule has 0 spiro atoms. The van der Waals surface area contributed by atoms with Crippen LogP contribution in [-0.4, -0.2) is 69.2 Å². The number of anilines is 1. The molecule has 0 radical (unpaired) electrons. The summed E-state index contributed by atoms with van der Waals surface area (Å²) in [6.45, 7) is 7.34. The van der Waals surface area contributed by atoms with Crippen molar-refractivity contribution in [2.24, 2.45) is 0 Å². The Bertz CT molecular complexity index is 1530. The molecule has 10 nitrogen and oxygen atoms in total. The maximum Gasteiger partial charge on any atom is 0.434 e. The van der Waals surface area contributed by atoms with Gasteiger partial charge in [-0.15, -0.1) is 11.3 Å². The van der Waals surface area contributed by atoms with Gasteiger partial charge in [0.05, 0.1) is 5.56 Å². The summed E-state index contributed by atoms with van der Waals surface area (Å²) in [4.78, 5) is 40.4. The van der Waals surface area contributed by atoms with Gasteiger partial charge in [-0.1, -0.05) is 0 Å². The Labute approximate surface area is 257 Å². The van der Waals surface area contributed by atoms with Crippen LogP contribution in [0.25, 0.3) is 21.7 Å². The van der Waals surface area contributed by atoms with Crippen LogP contribution in [0.5, 0.6) is 5.88 Å². The van der Waals surface area contributed by atoms with E-state index in [9.17, 15) is 22.8 Å². The number of hydrogen-bond donors (Lipinski definition) is 2. The molecular weight excluding hydrogens is 597 g/mol. The molecule has 236 valence electrons. The molecule has 2 fully saturated rings. The molecular formula is C30H35F3N6O4S. The minimum Gasteiger partial charge on any atom is -0.474 e. The number of carbonyl (C=O) groups excluding carboxylic acids is 2. The molecule has 2 aliphatic heterocycles. The van der Waals surface area contributed by atoms with Gasteiger partial charge in [-0.2, -0.15) is 13.2 Å². The minimum absolute atomic E-state index is 0.0413. The Morgan fingerprint density at radius 3 is 2.36 bits per heavy atom. The number of urea groups is 1. The number of ether oxygens (including phenoxy) is 2. The highest BCUT2D eigenvalue weighted by atomic mass is 32.1. The molecule has 0 aromatic carbocycles. The predicted octanol–water partition coefficient (Wildman–Crippen LogP) is 6.39. The van der Waals surface area contributed by atoms with Crippen LogP contribution in [0, 0.1) is 0 Å². The van der Waals surface area contributed by atoms with Crippen molar-refractivity contribution in [1.29, 1.82) is 0 Å². The van der Waals surface area contributed by atoms with Crippen molar-refractivity contribution < 1.29 is 32.2 Å². The van der Waals surface area contributed by atoms with Crippen molar-refractivity contribution in [3.63, 3.8) is 0 Å². The summed E-state index contributed by atoms with van der Waals surface area (Å²) in [6.07, 6.45) is 1.75. The molecule has 2 atom stereocenters. The fraction of sp³-hybridized carbons (Fsp3) is 0.500. The minimum atomic E-state index is -4.65. The lowest BCUT2D eigenvalue weighted by Crippen LogP contribution is -2.44. The second kappa shape index (κ2) is 12.3. The van der Waals surface area contributed by atoms with Crippen LogP contribution >= 0.6 is 11.3 Å². The van der Waals surface area contributed by atoms with Gasteiger partial charge in [0.15, 0.2) is 5.69 Å². The van der Waals surface area contributed by atoms with Gasteiger partial charge in [0.2, 0.25) is 5.88 Å². The van der Waals surface area contributed by atoms with Crippen molar-refractivity contribution in [3.05, 3.63) is 41.2 Å². The number of rotatable bonds is 7. The van der Waals surface area contributed by atoms with Gasteiger partial charge in [0.25, 0.3) is 0 Å². The van der Waals surface area contributed by atoms with Crippen LogP contribution in [0.1, 0.15) is 69.4 Å². The Morgan fingerprint density at radius 2 is 1.75 bits per heavy atom. The molecule has 2 aliphatic rings. The van der Waals surface area contributed by atoms with E-state index < -0.39 is 29.5 Å². The number of nitrogens with zero attached hydrogens (tertiary/aromatic N) is 4. The second-order valence-corrected chi connectivity index (χ2v) is 12.8. The van der Waals surface area contributed by atoms with E-state index in [0.29, 0.717) is 29.8 Å². The summed E-state index contributed by atoms with van der Waals surface area (Å²) >= 11 is 0.800. The normalized spacial score (nSPS) is 20.3. The number of carbonyl (C=O) groups is 2. The number of aromatic nitrogens is 3. The summed E-state index contributed by atoms with van der Waals surface area (Å²) in [5, 5.41) is 6.16. The van der Waals surface area contributed by atoms with Crippen molar-refractivity contribution in [2.45, 2.75) is 83.3 Å². The Kier molecular flexibility index (Phi) is 8.85. The van der Waals surface area contributed by atoms with Gasteiger partial charge in [-0.3, -0.25) is 5.32 Å². The molecule has 0 aliphatic carbocycles. The monoisotopic (exact) mass is 632 g/mol. The lowest BCUT2D eigenvalue weighted by molar-refractivity contribution is -0.140. The van der Waals surface area contributed by atoms with Crippen molar-refractivity contribution in [1.82, 2.24) is 25.2 Å². The Morgan fingerprint density at radius 1 is 1.05 bits per heavy atom. The molecule has 0 saturated carbocycles. The van der Waals surface area contributed by atoms with Gasteiger partial charge < -0.3 is 19.7 Å². The molecule has 5 heterocycles. The third-order valence-electron chi connectivity index (χ3n) is 7.62. The average Bonchev–Trinajstić information content (AvgIpc) is 3.50. The number of halogens is 3. The maximum atomic E-state index is 13.6. The van der Waals surface area contributed by atoms with Crippen LogP contribution in [0.4, 0.5) is 23.8 Å². The number of fused-ring (bicyclic) bond motifs is 2. The Hall–Kier alpha value is -3.78. The molecule has 44 heavy (non-hydrogen) atoms. The number of thiazole rings is 1. The highest BCUT2D eigenvalue weighted by Crippen LogP contribution is 2.42. The van der Waals surface area contributed by atoms with Crippen LogP contribution in [0.15, 0.2) is 29.9 Å². The number of nitrogens with one attached hydrogen (secondary N) is 2. The summed E-state index contributed by atoms with van der Waals surface area (Å²) in [5.74, 6) is -0.303. The average molecular weight is 633 g/mol. The molecule has 2 unspecified atom stereocenters. The fourth-order valence-corrected chi connectivity index (χ4v) is 6.42. The SMILES string of the molecule is CCNC(=O)Nc1cc(-c2nc(C(F)(F)F)cs2)c(-c2cc(C(=O)OC(C)(C)C)cnc2OC2CC3CCC(C2)N3C)cn1. The zero-order valence-corrected chi connectivity index (χ0v) is 25.9. The first kappa shape index (κ1) is 31.6. The number of alkyl halides is 3. The standard InChI is InChI=1S/C30H35F3N6O4S/c1-6-34-28(41)38-24-12-21(26-37-23(15-44-26)30(31,32)33)22(14-35-24)20-9-16(27(40)43-29(2,3)4)13-36-25(20)42-19-10-17-7-8-18(11-19)39(17)5/h9,12-15,17-19H,6-8,10-11H2,1-5H3,(H2,34,35,38,41). The summed E-state index contributed by atoms with van der Waals surface area (Å²) in [6, 6.07) is 3.24. The van der Waals surface area contributed by atoms with Crippen LogP contribution < -0.4 is 15.4 Å². The number of pyridine rings is 2. The highest BCUT2D eigenvalue weighted by Gasteiger charge is 2.40. The highest BCUT2D eigenvalue weighted by molar-refractivity contribution is 7.13. The van der Waals surface area contributed by atoms with E-state index in [4.69, 9.17) is 9.47 Å². The van der Waals surface area contributed by atoms with Gasteiger partial charge in [0, 0.05) is 53.1 Å². The van der Waals surface area contributed by atoms with E-state index in [0.717, 1.165) is 42.4 Å². The largest absolute Gasteiger partial charge is 0.474 e. The van der Waals surface area contributed by atoms with Crippen molar-refractivity contribution in [2.75, 3.05) is 18.9 Å². The summed E-state index contributed by atoms with van der Waals surface area (Å²) in [5.41, 5.74) is -0.750. The Balaban J connectivity index is 1.61.